The van der Waals surface area contributed by atoms with Crippen molar-refractivity contribution in [2.24, 2.45) is 0 Å². The number of hydrogen-bond donors (Lipinski definition) is 1. The summed E-state index contributed by atoms with van der Waals surface area (Å²) in [5.74, 6) is -2.23. The summed E-state index contributed by atoms with van der Waals surface area (Å²) in [6.45, 7) is 0. The van der Waals surface area contributed by atoms with Crippen molar-refractivity contribution in [2.75, 3.05) is 0 Å². The first kappa shape index (κ1) is 13.6. The second-order valence-corrected chi connectivity index (χ2v) is 5.22. The standard InChI is InChI=1S/C14H8ClFN2O3/c15-13-10(14(20)21)12(19)9-4-7(16)3-6(5-17)11(9)18(13)8-1-2-8/h3-4,8H,1-2H2,(H,20,21). The zero-order valence-corrected chi connectivity index (χ0v) is 11.3. The third-order valence-corrected chi connectivity index (χ3v) is 3.82. The van der Waals surface area contributed by atoms with E-state index >= 15 is 0 Å². The normalized spacial score (nSPS) is 14.1. The minimum absolute atomic E-state index is 0.0344. The topological polar surface area (TPSA) is 83.1 Å². The van der Waals surface area contributed by atoms with Gasteiger partial charge in [0.15, 0.2) is 0 Å². The molecule has 1 aromatic heterocycles. The molecular formula is C14H8ClFN2O3. The molecule has 106 valence electrons. The van der Waals surface area contributed by atoms with Crippen LogP contribution in [0, 0.1) is 17.1 Å². The van der Waals surface area contributed by atoms with Gasteiger partial charge in [-0.2, -0.15) is 5.26 Å². The van der Waals surface area contributed by atoms with Gasteiger partial charge < -0.3 is 9.67 Å². The molecule has 1 aliphatic carbocycles. The van der Waals surface area contributed by atoms with Crippen LogP contribution in [0.25, 0.3) is 10.9 Å². The predicted molar refractivity (Wildman–Crippen MR) is 73.1 cm³/mol. The summed E-state index contributed by atoms with van der Waals surface area (Å²) >= 11 is 6.07. The average molecular weight is 307 g/mol. The van der Waals surface area contributed by atoms with Crippen molar-refractivity contribution in [3.63, 3.8) is 0 Å². The Morgan fingerprint density at radius 1 is 1.48 bits per heavy atom. The SMILES string of the molecule is N#Cc1cc(F)cc2c(=O)c(C(=O)O)c(Cl)n(C3CC3)c12. The lowest BCUT2D eigenvalue weighted by Gasteiger charge is -2.15. The highest BCUT2D eigenvalue weighted by Gasteiger charge is 2.31. The fourth-order valence-electron chi connectivity index (χ4n) is 2.43. The minimum atomic E-state index is -1.47. The lowest BCUT2D eigenvalue weighted by atomic mass is 10.1. The molecule has 0 spiro atoms. The fourth-order valence-corrected chi connectivity index (χ4v) is 2.81. The van der Waals surface area contributed by atoms with Gasteiger partial charge in [0.25, 0.3) is 0 Å². The third-order valence-electron chi connectivity index (χ3n) is 3.45. The van der Waals surface area contributed by atoms with E-state index in [9.17, 15) is 19.1 Å². The molecule has 1 aromatic carbocycles. The summed E-state index contributed by atoms with van der Waals surface area (Å²) in [5.41, 5.74) is -1.31. The smallest absolute Gasteiger partial charge is 0.342 e. The van der Waals surface area contributed by atoms with Crippen molar-refractivity contribution in [3.05, 3.63) is 44.5 Å². The molecule has 5 nitrogen and oxygen atoms in total. The largest absolute Gasteiger partial charge is 0.477 e. The molecule has 0 atom stereocenters. The van der Waals surface area contributed by atoms with Gasteiger partial charge in [-0.3, -0.25) is 4.79 Å². The van der Waals surface area contributed by atoms with Crippen molar-refractivity contribution in [3.8, 4) is 6.07 Å². The highest BCUT2D eigenvalue weighted by molar-refractivity contribution is 6.33. The minimum Gasteiger partial charge on any atom is -0.477 e. The second kappa shape index (κ2) is 4.57. The first-order valence-corrected chi connectivity index (χ1v) is 6.54. The zero-order valence-electron chi connectivity index (χ0n) is 10.6. The summed E-state index contributed by atoms with van der Waals surface area (Å²) in [6, 6.07) is 3.71. The molecule has 2 aromatic rings. The second-order valence-electron chi connectivity index (χ2n) is 4.86. The summed E-state index contributed by atoms with van der Waals surface area (Å²) in [7, 11) is 0. The van der Waals surface area contributed by atoms with E-state index < -0.39 is 22.8 Å². The number of hydrogen-bond acceptors (Lipinski definition) is 3. The number of halogens is 2. The van der Waals surface area contributed by atoms with Crippen LogP contribution in [0.15, 0.2) is 16.9 Å². The van der Waals surface area contributed by atoms with Crippen LogP contribution in [0.5, 0.6) is 0 Å². The van der Waals surface area contributed by atoms with Crippen LogP contribution in [-0.4, -0.2) is 15.6 Å². The number of carbonyl (C=O) groups is 1. The maximum absolute atomic E-state index is 13.6. The van der Waals surface area contributed by atoms with Crippen LogP contribution >= 0.6 is 11.6 Å². The van der Waals surface area contributed by atoms with Crippen molar-refractivity contribution < 1.29 is 14.3 Å². The molecule has 0 amide bonds. The van der Waals surface area contributed by atoms with Gasteiger partial charge in [0, 0.05) is 6.04 Å². The Kier molecular flexibility index (Phi) is 2.96. The number of benzene rings is 1. The molecule has 1 fully saturated rings. The average Bonchev–Trinajstić information content (AvgIpc) is 3.23. The maximum atomic E-state index is 13.6. The van der Waals surface area contributed by atoms with E-state index in [2.05, 4.69) is 0 Å². The van der Waals surface area contributed by atoms with E-state index in [0.717, 1.165) is 25.0 Å². The van der Waals surface area contributed by atoms with E-state index in [4.69, 9.17) is 16.9 Å². The van der Waals surface area contributed by atoms with Crippen LogP contribution in [0.4, 0.5) is 4.39 Å². The molecule has 0 unspecified atom stereocenters. The number of nitrogens with zero attached hydrogens (tertiary/aromatic N) is 2. The van der Waals surface area contributed by atoms with Crippen LogP contribution in [0.2, 0.25) is 5.15 Å². The van der Waals surface area contributed by atoms with Gasteiger partial charge in [0.1, 0.15) is 22.6 Å². The Balaban J connectivity index is 2.60. The highest BCUT2D eigenvalue weighted by Crippen LogP contribution is 2.40. The molecule has 0 radical (unpaired) electrons. The van der Waals surface area contributed by atoms with Gasteiger partial charge in [-0.1, -0.05) is 11.6 Å². The number of pyridine rings is 1. The summed E-state index contributed by atoms with van der Waals surface area (Å²) < 4.78 is 15.0. The van der Waals surface area contributed by atoms with Crippen molar-refractivity contribution in [1.29, 1.82) is 5.26 Å². The number of carboxylic acid groups (broad SMARTS) is 1. The highest BCUT2D eigenvalue weighted by atomic mass is 35.5. The van der Waals surface area contributed by atoms with Crippen molar-refractivity contribution in [2.45, 2.75) is 18.9 Å². The Bertz CT molecular complexity index is 894. The van der Waals surface area contributed by atoms with E-state index in [-0.39, 0.29) is 27.7 Å². The molecule has 21 heavy (non-hydrogen) atoms. The molecule has 1 aliphatic rings. The van der Waals surface area contributed by atoms with Crippen LogP contribution < -0.4 is 5.43 Å². The first-order valence-electron chi connectivity index (χ1n) is 6.16. The summed E-state index contributed by atoms with van der Waals surface area (Å²) in [6.07, 6.45) is 1.53. The van der Waals surface area contributed by atoms with Gasteiger partial charge >= 0.3 is 5.97 Å². The Labute approximate surface area is 122 Å². The van der Waals surface area contributed by atoms with Gasteiger partial charge in [-0.05, 0) is 25.0 Å². The lowest BCUT2D eigenvalue weighted by Crippen LogP contribution is -2.21. The van der Waals surface area contributed by atoms with Crippen LogP contribution in [0.3, 0.4) is 0 Å². The molecule has 1 saturated carbocycles. The molecule has 7 heteroatoms. The number of rotatable bonds is 2. The first-order chi connectivity index (χ1) is 9.95. The van der Waals surface area contributed by atoms with E-state index in [1.807, 2.05) is 6.07 Å². The zero-order chi connectivity index (χ0) is 15.3. The Morgan fingerprint density at radius 3 is 2.67 bits per heavy atom. The molecule has 0 aliphatic heterocycles. The quantitative estimate of drug-likeness (QED) is 0.865. The van der Waals surface area contributed by atoms with E-state index in [1.165, 1.54) is 4.57 Å². The monoisotopic (exact) mass is 306 g/mol. The van der Waals surface area contributed by atoms with Crippen molar-refractivity contribution in [1.82, 2.24) is 4.57 Å². The third kappa shape index (κ3) is 1.98. The molecule has 3 rings (SSSR count). The van der Waals surface area contributed by atoms with Crippen LogP contribution in [0.1, 0.15) is 34.8 Å². The Hall–Kier alpha value is -2.39. The molecule has 1 heterocycles. The summed E-state index contributed by atoms with van der Waals surface area (Å²) in [5, 5.41) is 18.0. The van der Waals surface area contributed by atoms with E-state index in [1.54, 1.807) is 0 Å². The molecule has 0 saturated heterocycles. The molecular weight excluding hydrogens is 299 g/mol. The van der Waals surface area contributed by atoms with Gasteiger partial charge in [-0.15, -0.1) is 0 Å². The van der Waals surface area contributed by atoms with Gasteiger partial charge in [0.2, 0.25) is 5.43 Å². The van der Waals surface area contributed by atoms with Crippen molar-refractivity contribution >= 4 is 28.5 Å². The number of aromatic nitrogens is 1. The maximum Gasteiger partial charge on any atom is 0.342 e. The Morgan fingerprint density at radius 2 is 2.14 bits per heavy atom. The number of fused-ring (bicyclic) bond motifs is 1. The van der Waals surface area contributed by atoms with Crippen LogP contribution in [-0.2, 0) is 0 Å². The fraction of sp³-hybridized carbons (Fsp3) is 0.214. The number of nitriles is 1. The molecule has 0 bridgehead atoms. The van der Waals surface area contributed by atoms with E-state index in [0.29, 0.717) is 0 Å². The van der Waals surface area contributed by atoms with Gasteiger partial charge in [0.05, 0.1) is 16.5 Å². The molecule has 1 N–H and O–H groups in total. The lowest BCUT2D eigenvalue weighted by molar-refractivity contribution is 0.0695. The van der Waals surface area contributed by atoms with Gasteiger partial charge in [-0.25, -0.2) is 9.18 Å². The predicted octanol–water partition coefficient (Wildman–Crippen LogP) is 2.70. The number of aromatic carboxylic acids is 1. The number of carboxylic acids is 1. The summed E-state index contributed by atoms with van der Waals surface area (Å²) in [4.78, 5) is 23.5.